The van der Waals surface area contributed by atoms with Crippen LogP contribution in [0.1, 0.15) is 17.7 Å². The molecule has 0 atom stereocenters. The SMILES string of the molecule is COc1ccc2nc3c(c(N)c2c1)CCC3.Cl. The zero-order valence-corrected chi connectivity index (χ0v) is 10.5. The van der Waals surface area contributed by atoms with Crippen molar-refractivity contribution < 1.29 is 4.74 Å². The van der Waals surface area contributed by atoms with E-state index in [1.807, 2.05) is 18.2 Å². The first-order valence-corrected chi connectivity index (χ1v) is 5.54. The number of ether oxygens (including phenoxy) is 1. The van der Waals surface area contributed by atoms with Gasteiger partial charge in [-0.25, -0.2) is 0 Å². The van der Waals surface area contributed by atoms with Crippen molar-refractivity contribution in [3.63, 3.8) is 0 Å². The number of pyridine rings is 1. The van der Waals surface area contributed by atoms with Gasteiger partial charge in [-0.1, -0.05) is 0 Å². The molecule has 1 aromatic carbocycles. The van der Waals surface area contributed by atoms with Crippen LogP contribution in [0.2, 0.25) is 0 Å². The summed E-state index contributed by atoms with van der Waals surface area (Å²) < 4.78 is 5.21. The minimum atomic E-state index is 0. The molecular weight excluding hydrogens is 236 g/mol. The van der Waals surface area contributed by atoms with Gasteiger partial charge in [-0.05, 0) is 43.0 Å². The number of anilines is 1. The average molecular weight is 251 g/mol. The third-order valence-electron chi connectivity index (χ3n) is 3.26. The van der Waals surface area contributed by atoms with Gasteiger partial charge >= 0.3 is 0 Å². The highest BCUT2D eigenvalue weighted by Crippen LogP contribution is 2.33. The Hall–Kier alpha value is -1.48. The summed E-state index contributed by atoms with van der Waals surface area (Å²) in [6.45, 7) is 0. The first kappa shape index (κ1) is 12.0. The third kappa shape index (κ3) is 1.80. The molecule has 17 heavy (non-hydrogen) atoms. The smallest absolute Gasteiger partial charge is 0.119 e. The Morgan fingerprint density at radius 1 is 1.29 bits per heavy atom. The van der Waals surface area contributed by atoms with Gasteiger partial charge in [0.25, 0.3) is 0 Å². The number of benzene rings is 1. The minimum Gasteiger partial charge on any atom is -0.497 e. The quantitative estimate of drug-likeness (QED) is 0.847. The van der Waals surface area contributed by atoms with Crippen molar-refractivity contribution in [2.24, 2.45) is 0 Å². The lowest BCUT2D eigenvalue weighted by molar-refractivity contribution is 0.415. The second kappa shape index (κ2) is 4.41. The fraction of sp³-hybridized carbons (Fsp3) is 0.308. The number of fused-ring (bicyclic) bond motifs is 2. The minimum absolute atomic E-state index is 0. The van der Waals surface area contributed by atoms with E-state index in [2.05, 4.69) is 4.98 Å². The zero-order valence-electron chi connectivity index (χ0n) is 9.69. The van der Waals surface area contributed by atoms with E-state index in [4.69, 9.17) is 10.5 Å². The molecule has 90 valence electrons. The van der Waals surface area contributed by atoms with Crippen LogP contribution in [-0.2, 0) is 12.8 Å². The summed E-state index contributed by atoms with van der Waals surface area (Å²) in [5.74, 6) is 0.832. The van der Waals surface area contributed by atoms with Crippen LogP contribution in [0, 0.1) is 0 Å². The zero-order chi connectivity index (χ0) is 11.1. The Kier molecular flexibility index (Phi) is 3.11. The second-order valence-electron chi connectivity index (χ2n) is 4.19. The number of aromatic nitrogens is 1. The molecule has 0 bridgehead atoms. The number of halogens is 1. The van der Waals surface area contributed by atoms with E-state index in [1.165, 1.54) is 17.7 Å². The molecule has 2 aromatic rings. The van der Waals surface area contributed by atoms with E-state index >= 15 is 0 Å². The largest absolute Gasteiger partial charge is 0.497 e. The van der Waals surface area contributed by atoms with Crippen molar-refractivity contribution in [3.05, 3.63) is 29.5 Å². The molecule has 0 fully saturated rings. The van der Waals surface area contributed by atoms with Crippen molar-refractivity contribution in [1.29, 1.82) is 0 Å². The van der Waals surface area contributed by atoms with Crippen LogP contribution in [0.15, 0.2) is 18.2 Å². The van der Waals surface area contributed by atoms with E-state index in [9.17, 15) is 0 Å². The predicted molar refractivity (Wildman–Crippen MR) is 72.0 cm³/mol. The summed E-state index contributed by atoms with van der Waals surface area (Å²) in [4.78, 5) is 4.66. The van der Waals surface area contributed by atoms with Gasteiger partial charge < -0.3 is 10.5 Å². The fourth-order valence-corrected chi connectivity index (χ4v) is 2.40. The Bertz CT molecular complexity index is 569. The van der Waals surface area contributed by atoms with Crippen molar-refractivity contribution in [3.8, 4) is 5.75 Å². The summed E-state index contributed by atoms with van der Waals surface area (Å²) in [6, 6.07) is 5.87. The average Bonchev–Trinajstić information content (AvgIpc) is 2.77. The molecule has 0 saturated carbocycles. The maximum absolute atomic E-state index is 6.20. The number of hydrogen-bond acceptors (Lipinski definition) is 3. The first-order valence-electron chi connectivity index (χ1n) is 5.54. The number of hydrogen-bond donors (Lipinski definition) is 1. The number of methoxy groups -OCH3 is 1. The van der Waals surface area contributed by atoms with Crippen LogP contribution < -0.4 is 10.5 Å². The van der Waals surface area contributed by atoms with Gasteiger partial charge in [-0.3, -0.25) is 4.98 Å². The van der Waals surface area contributed by atoms with Crippen LogP contribution in [0.3, 0.4) is 0 Å². The molecule has 0 aliphatic heterocycles. The molecule has 1 aromatic heterocycles. The van der Waals surface area contributed by atoms with Gasteiger partial charge in [0.2, 0.25) is 0 Å². The normalized spacial score (nSPS) is 13.2. The maximum Gasteiger partial charge on any atom is 0.119 e. The third-order valence-corrected chi connectivity index (χ3v) is 3.26. The Morgan fingerprint density at radius 3 is 2.88 bits per heavy atom. The van der Waals surface area contributed by atoms with Gasteiger partial charge in [-0.15, -0.1) is 12.4 Å². The lowest BCUT2D eigenvalue weighted by atomic mass is 10.1. The molecule has 0 unspecified atom stereocenters. The number of nitrogens with zero attached hydrogens (tertiary/aromatic N) is 1. The van der Waals surface area contributed by atoms with Crippen LogP contribution in [0.4, 0.5) is 5.69 Å². The summed E-state index contributed by atoms with van der Waals surface area (Å²) in [5.41, 5.74) is 10.5. The Morgan fingerprint density at radius 2 is 2.12 bits per heavy atom. The molecule has 1 aliphatic carbocycles. The summed E-state index contributed by atoms with van der Waals surface area (Å²) >= 11 is 0. The maximum atomic E-state index is 6.20. The molecule has 0 amide bonds. The fourth-order valence-electron chi connectivity index (χ4n) is 2.40. The van der Waals surface area contributed by atoms with Crippen molar-refractivity contribution >= 4 is 29.0 Å². The highest BCUT2D eigenvalue weighted by Gasteiger charge is 2.17. The molecule has 1 aliphatic rings. The van der Waals surface area contributed by atoms with Gasteiger partial charge in [0.05, 0.1) is 12.6 Å². The number of nitrogens with two attached hydrogens (primary N) is 1. The van der Waals surface area contributed by atoms with Crippen LogP contribution in [0.25, 0.3) is 10.9 Å². The summed E-state index contributed by atoms with van der Waals surface area (Å²) in [7, 11) is 1.66. The van der Waals surface area contributed by atoms with E-state index < -0.39 is 0 Å². The molecule has 3 rings (SSSR count). The molecule has 0 radical (unpaired) electrons. The van der Waals surface area contributed by atoms with Crippen LogP contribution in [0.5, 0.6) is 5.75 Å². The summed E-state index contributed by atoms with van der Waals surface area (Å²) in [5, 5.41) is 1.01. The van der Waals surface area contributed by atoms with Crippen molar-refractivity contribution in [2.75, 3.05) is 12.8 Å². The topological polar surface area (TPSA) is 48.1 Å². The lowest BCUT2D eigenvalue weighted by Crippen LogP contribution is -1.98. The molecule has 0 saturated heterocycles. The first-order chi connectivity index (χ1) is 7.79. The van der Waals surface area contributed by atoms with E-state index in [-0.39, 0.29) is 12.4 Å². The van der Waals surface area contributed by atoms with Gasteiger partial charge in [0, 0.05) is 16.8 Å². The molecule has 0 spiro atoms. The Balaban J connectivity index is 0.00000108. The van der Waals surface area contributed by atoms with Crippen molar-refractivity contribution in [1.82, 2.24) is 4.98 Å². The second-order valence-corrected chi connectivity index (χ2v) is 4.19. The van der Waals surface area contributed by atoms with Gasteiger partial charge in [0.15, 0.2) is 0 Å². The van der Waals surface area contributed by atoms with E-state index in [1.54, 1.807) is 7.11 Å². The summed E-state index contributed by atoms with van der Waals surface area (Å²) in [6.07, 6.45) is 3.28. The van der Waals surface area contributed by atoms with Gasteiger partial charge in [0.1, 0.15) is 5.75 Å². The highest BCUT2D eigenvalue weighted by molar-refractivity contribution is 5.93. The molecule has 4 heteroatoms. The van der Waals surface area contributed by atoms with Crippen molar-refractivity contribution in [2.45, 2.75) is 19.3 Å². The lowest BCUT2D eigenvalue weighted by Gasteiger charge is -2.09. The number of rotatable bonds is 1. The predicted octanol–water partition coefficient (Wildman–Crippen LogP) is 2.74. The Labute approximate surface area is 106 Å². The van der Waals surface area contributed by atoms with Crippen LogP contribution >= 0.6 is 12.4 Å². The molecular formula is C13H15ClN2O. The van der Waals surface area contributed by atoms with E-state index in [0.717, 1.165) is 35.2 Å². The number of aryl methyl sites for hydroxylation is 1. The molecule has 2 N–H and O–H groups in total. The van der Waals surface area contributed by atoms with Crippen LogP contribution in [-0.4, -0.2) is 12.1 Å². The highest BCUT2D eigenvalue weighted by atomic mass is 35.5. The number of nitrogen functional groups attached to an aromatic ring is 1. The standard InChI is InChI=1S/C13H14N2O.ClH/c1-16-8-5-6-12-10(7-8)13(14)9-3-2-4-11(9)15-12;/h5-7H,2-4H2,1H3,(H2,14,15);1H. The van der Waals surface area contributed by atoms with Gasteiger partial charge in [-0.2, -0.15) is 0 Å². The molecule has 3 nitrogen and oxygen atoms in total. The molecule has 1 heterocycles. The van der Waals surface area contributed by atoms with E-state index in [0.29, 0.717) is 0 Å². The monoisotopic (exact) mass is 250 g/mol.